The first-order valence-electron chi connectivity index (χ1n) is 5.61. The zero-order chi connectivity index (χ0) is 11.4. The molecule has 86 valence electrons. The van der Waals surface area contributed by atoms with E-state index in [9.17, 15) is 0 Å². The fraction of sp³-hybridized carbons (Fsp3) is 0.385. The maximum absolute atomic E-state index is 5.50. The topological polar surface area (TPSA) is 33.3 Å². The summed E-state index contributed by atoms with van der Waals surface area (Å²) in [4.78, 5) is 0. The van der Waals surface area contributed by atoms with Gasteiger partial charge in [-0.05, 0) is 24.6 Å². The summed E-state index contributed by atoms with van der Waals surface area (Å²) >= 11 is 0. The number of benzene rings is 1. The standard InChI is InChI=1S/C13H18N2O/c1-14-12-5-3-4-11(13(12)16-2)10-6-8-15-9-7-10/h3-6,14-15H,7-9H2,1-2H3. The van der Waals surface area contributed by atoms with Crippen LogP contribution in [0.5, 0.6) is 5.75 Å². The number of nitrogens with one attached hydrogen (secondary N) is 2. The SMILES string of the molecule is CNc1cccc(C2=CCNCC2)c1OC. The smallest absolute Gasteiger partial charge is 0.149 e. The molecule has 1 aliphatic rings. The van der Waals surface area contributed by atoms with Crippen molar-refractivity contribution in [2.24, 2.45) is 0 Å². The van der Waals surface area contributed by atoms with Crippen LogP contribution in [-0.2, 0) is 0 Å². The molecule has 0 spiro atoms. The van der Waals surface area contributed by atoms with Gasteiger partial charge in [-0.1, -0.05) is 18.2 Å². The molecule has 1 aromatic rings. The Morgan fingerprint density at radius 2 is 2.25 bits per heavy atom. The molecule has 1 heterocycles. The molecule has 2 N–H and O–H groups in total. The van der Waals surface area contributed by atoms with Crippen LogP contribution < -0.4 is 15.4 Å². The third kappa shape index (κ3) is 2.04. The summed E-state index contributed by atoms with van der Waals surface area (Å²) in [5.74, 6) is 0.943. The summed E-state index contributed by atoms with van der Waals surface area (Å²) in [6.07, 6.45) is 3.30. The summed E-state index contributed by atoms with van der Waals surface area (Å²) in [6.45, 7) is 1.99. The molecule has 1 aromatic carbocycles. The predicted molar refractivity (Wildman–Crippen MR) is 68.0 cm³/mol. The van der Waals surface area contributed by atoms with E-state index in [2.05, 4.69) is 28.8 Å². The molecule has 16 heavy (non-hydrogen) atoms. The molecule has 3 heteroatoms. The number of rotatable bonds is 3. The first-order valence-corrected chi connectivity index (χ1v) is 5.61. The number of methoxy groups -OCH3 is 1. The van der Waals surface area contributed by atoms with E-state index in [0.717, 1.165) is 30.9 Å². The van der Waals surface area contributed by atoms with Crippen molar-refractivity contribution >= 4 is 11.3 Å². The van der Waals surface area contributed by atoms with Gasteiger partial charge in [0.1, 0.15) is 5.75 Å². The van der Waals surface area contributed by atoms with Crippen LogP contribution in [0.4, 0.5) is 5.69 Å². The van der Waals surface area contributed by atoms with Gasteiger partial charge in [-0.3, -0.25) is 0 Å². The summed E-state index contributed by atoms with van der Waals surface area (Å²) in [5, 5.41) is 6.48. The quantitative estimate of drug-likeness (QED) is 0.815. The highest BCUT2D eigenvalue weighted by Crippen LogP contribution is 2.34. The van der Waals surface area contributed by atoms with Crippen molar-refractivity contribution in [2.45, 2.75) is 6.42 Å². The first-order chi connectivity index (χ1) is 7.86. The van der Waals surface area contributed by atoms with Crippen molar-refractivity contribution in [3.05, 3.63) is 29.8 Å². The van der Waals surface area contributed by atoms with Gasteiger partial charge in [-0.25, -0.2) is 0 Å². The molecule has 0 saturated heterocycles. The van der Waals surface area contributed by atoms with Crippen LogP contribution in [0.1, 0.15) is 12.0 Å². The summed E-state index contributed by atoms with van der Waals surface area (Å²) in [7, 11) is 3.64. The molecule has 0 aliphatic carbocycles. The largest absolute Gasteiger partial charge is 0.494 e. The van der Waals surface area contributed by atoms with E-state index >= 15 is 0 Å². The van der Waals surface area contributed by atoms with Crippen molar-refractivity contribution in [3.8, 4) is 5.75 Å². The molecule has 0 aromatic heterocycles. The van der Waals surface area contributed by atoms with Crippen LogP contribution in [0.25, 0.3) is 5.57 Å². The molecule has 0 atom stereocenters. The molecular weight excluding hydrogens is 200 g/mol. The molecule has 0 fully saturated rings. The third-order valence-corrected chi connectivity index (χ3v) is 2.90. The molecule has 0 amide bonds. The Bertz CT molecular complexity index is 399. The van der Waals surface area contributed by atoms with Crippen molar-refractivity contribution in [1.82, 2.24) is 5.32 Å². The van der Waals surface area contributed by atoms with Crippen molar-refractivity contribution in [1.29, 1.82) is 0 Å². The Kier molecular flexibility index (Phi) is 3.47. The van der Waals surface area contributed by atoms with Gasteiger partial charge in [-0.15, -0.1) is 0 Å². The number of ether oxygens (including phenoxy) is 1. The molecule has 3 nitrogen and oxygen atoms in total. The fourth-order valence-electron chi connectivity index (χ4n) is 2.07. The van der Waals surface area contributed by atoms with Gasteiger partial charge in [0.15, 0.2) is 0 Å². The molecule has 0 saturated carbocycles. The molecular formula is C13H18N2O. The lowest BCUT2D eigenvalue weighted by Crippen LogP contribution is -2.20. The lowest BCUT2D eigenvalue weighted by Gasteiger charge is -2.18. The summed E-state index contributed by atoms with van der Waals surface area (Å²) in [5.41, 5.74) is 3.61. The minimum Gasteiger partial charge on any atom is -0.494 e. The van der Waals surface area contributed by atoms with Gasteiger partial charge in [-0.2, -0.15) is 0 Å². The van der Waals surface area contributed by atoms with Gasteiger partial charge >= 0.3 is 0 Å². The molecule has 0 radical (unpaired) electrons. The van der Waals surface area contributed by atoms with Crippen LogP contribution in [0.15, 0.2) is 24.3 Å². The summed E-state index contributed by atoms with van der Waals surface area (Å²) < 4.78 is 5.50. The maximum atomic E-state index is 5.50. The van der Waals surface area contributed by atoms with Crippen LogP contribution in [-0.4, -0.2) is 27.2 Å². The van der Waals surface area contributed by atoms with E-state index < -0.39 is 0 Å². The molecule has 0 bridgehead atoms. The van der Waals surface area contributed by atoms with E-state index in [-0.39, 0.29) is 0 Å². The zero-order valence-electron chi connectivity index (χ0n) is 9.84. The van der Waals surface area contributed by atoms with Crippen LogP contribution in [0, 0.1) is 0 Å². The second kappa shape index (κ2) is 5.03. The van der Waals surface area contributed by atoms with E-state index in [4.69, 9.17) is 4.74 Å². The Hall–Kier alpha value is -1.48. The Labute approximate surface area is 96.5 Å². The van der Waals surface area contributed by atoms with Gasteiger partial charge in [0, 0.05) is 19.2 Å². The lowest BCUT2D eigenvalue weighted by molar-refractivity contribution is 0.415. The fourth-order valence-corrected chi connectivity index (χ4v) is 2.07. The average Bonchev–Trinajstić information content (AvgIpc) is 2.38. The first kappa shape index (κ1) is 11.0. The molecule has 1 aliphatic heterocycles. The average molecular weight is 218 g/mol. The second-order valence-electron chi connectivity index (χ2n) is 3.82. The maximum Gasteiger partial charge on any atom is 0.149 e. The molecule has 0 unspecified atom stereocenters. The number of para-hydroxylation sites is 1. The van der Waals surface area contributed by atoms with E-state index in [0.29, 0.717) is 0 Å². The minimum atomic E-state index is 0.943. The predicted octanol–water partition coefficient (Wildman–Crippen LogP) is 2.11. The van der Waals surface area contributed by atoms with Gasteiger partial charge < -0.3 is 15.4 Å². The highest BCUT2D eigenvalue weighted by molar-refractivity contribution is 5.77. The van der Waals surface area contributed by atoms with Crippen LogP contribution >= 0.6 is 0 Å². The van der Waals surface area contributed by atoms with Crippen LogP contribution in [0.3, 0.4) is 0 Å². The van der Waals surface area contributed by atoms with Crippen molar-refractivity contribution < 1.29 is 4.74 Å². The Morgan fingerprint density at radius 1 is 1.38 bits per heavy atom. The lowest BCUT2D eigenvalue weighted by atomic mass is 9.98. The monoisotopic (exact) mass is 218 g/mol. The van der Waals surface area contributed by atoms with E-state index in [1.165, 1.54) is 11.1 Å². The van der Waals surface area contributed by atoms with Gasteiger partial charge in [0.05, 0.1) is 12.8 Å². The number of hydrogen-bond donors (Lipinski definition) is 2. The zero-order valence-corrected chi connectivity index (χ0v) is 9.84. The third-order valence-electron chi connectivity index (χ3n) is 2.90. The second-order valence-corrected chi connectivity index (χ2v) is 3.82. The molecule has 2 rings (SSSR count). The Balaban J connectivity index is 2.42. The minimum absolute atomic E-state index is 0.943. The number of hydrogen-bond acceptors (Lipinski definition) is 3. The Morgan fingerprint density at radius 3 is 2.88 bits per heavy atom. The van der Waals surface area contributed by atoms with Crippen LogP contribution in [0.2, 0.25) is 0 Å². The highest BCUT2D eigenvalue weighted by Gasteiger charge is 2.13. The van der Waals surface area contributed by atoms with E-state index in [1.54, 1.807) is 7.11 Å². The van der Waals surface area contributed by atoms with Gasteiger partial charge in [0.2, 0.25) is 0 Å². The van der Waals surface area contributed by atoms with Crippen molar-refractivity contribution in [3.63, 3.8) is 0 Å². The van der Waals surface area contributed by atoms with E-state index in [1.807, 2.05) is 13.1 Å². The summed E-state index contributed by atoms with van der Waals surface area (Å²) in [6, 6.07) is 6.22. The highest BCUT2D eigenvalue weighted by atomic mass is 16.5. The number of anilines is 1. The van der Waals surface area contributed by atoms with Crippen molar-refractivity contribution in [2.75, 3.05) is 32.6 Å². The normalized spacial score (nSPS) is 15.5. The van der Waals surface area contributed by atoms with Gasteiger partial charge in [0.25, 0.3) is 0 Å².